The molecular weight excluding hydrogens is 397 g/mol. The van der Waals surface area contributed by atoms with E-state index in [1.54, 1.807) is 32.4 Å². The molecule has 1 saturated heterocycles. The molecule has 3 rings (SSSR count). The Labute approximate surface area is 183 Å². The molecule has 6 nitrogen and oxygen atoms in total. The lowest BCUT2D eigenvalue weighted by molar-refractivity contribution is 0.172. The SMILES string of the molecule is COc1ccc(OC)c(NC(=O)NCCCN2CCCC(Cc3ccc(F)cc3)C2)c1. The summed E-state index contributed by atoms with van der Waals surface area (Å²) in [5, 5.41) is 5.72. The van der Waals surface area contributed by atoms with Gasteiger partial charge in [-0.25, -0.2) is 9.18 Å². The molecule has 1 fully saturated rings. The van der Waals surface area contributed by atoms with E-state index in [0.717, 1.165) is 32.5 Å². The molecule has 2 aromatic carbocycles. The Hall–Kier alpha value is -2.80. The number of methoxy groups -OCH3 is 2. The fraction of sp³-hybridized carbons (Fsp3) is 0.458. The van der Waals surface area contributed by atoms with E-state index in [4.69, 9.17) is 9.47 Å². The molecule has 7 heteroatoms. The maximum absolute atomic E-state index is 13.1. The van der Waals surface area contributed by atoms with Crippen molar-refractivity contribution in [2.75, 3.05) is 45.7 Å². The number of carbonyl (C=O) groups excluding carboxylic acids is 1. The van der Waals surface area contributed by atoms with E-state index in [1.165, 1.54) is 30.5 Å². The minimum atomic E-state index is -0.264. The van der Waals surface area contributed by atoms with Gasteiger partial charge in [0.15, 0.2) is 0 Å². The first kappa shape index (κ1) is 22.9. The van der Waals surface area contributed by atoms with Crippen LogP contribution < -0.4 is 20.1 Å². The first-order valence-electron chi connectivity index (χ1n) is 10.8. The molecular formula is C24H32FN3O3. The lowest BCUT2D eigenvalue weighted by atomic mass is 9.91. The zero-order valence-corrected chi connectivity index (χ0v) is 18.3. The standard InChI is InChI=1S/C24H32FN3O3/c1-30-21-10-11-23(31-2)22(16-21)27-24(29)26-12-4-14-28-13-3-5-19(17-28)15-18-6-8-20(25)9-7-18/h6-11,16,19H,3-5,12-15,17H2,1-2H3,(H2,26,27,29). The van der Waals surface area contributed by atoms with E-state index in [0.29, 0.717) is 29.6 Å². The number of rotatable bonds is 9. The van der Waals surface area contributed by atoms with Gasteiger partial charge in [0.2, 0.25) is 0 Å². The summed E-state index contributed by atoms with van der Waals surface area (Å²) in [5.41, 5.74) is 1.76. The Morgan fingerprint density at radius 2 is 1.97 bits per heavy atom. The Bertz CT molecular complexity index is 844. The van der Waals surface area contributed by atoms with Crippen molar-refractivity contribution in [2.24, 2.45) is 5.92 Å². The van der Waals surface area contributed by atoms with Crippen molar-refractivity contribution in [1.82, 2.24) is 10.2 Å². The average molecular weight is 430 g/mol. The predicted octanol–water partition coefficient (Wildman–Crippen LogP) is 4.31. The van der Waals surface area contributed by atoms with Crippen molar-refractivity contribution in [2.45, 2.75) is 25.7 Å². The number of nitrogens with one attached hydrogen (secondary N) is 2. The van der Waals surface area contributed by atoms with Crippen LogP contribution in [-0.4, -0.2) is 51.3 Å². The van der Waals surface area contributed by atoms with Crippen LogP contribution in [-0.2, 0) is 6.42 Å². The fourth-order valence-electron chi connectivity index (χ4n) is 4.06. The fourth-order valence-corrected chi connectivity index (χ4v) is 4.06. The number of amides is 2. The highest BCUT2D eigenvalue weighted by Gasteiger charge is 2.20. The molecule has 0 radical (unpaired) electrons. The number of piperidine rings is 1. The van der Waals surface area contributed by atoms with Crippen molar-refractivity contribution in [3.8, 4) is 11.5 Å². The van der Waals surface area contributed by atoms with E-state index >= 15 is 0 Å². The number of urea groups is 1. The van der Waals surface area contributed by atoms with Gasteiger partial charge in [-0.15, -0.1) is 0 Å². The van der Waals surface area contributed by atoms with Gasteiger partial charge in [-0.1, -0.05) is 12.1 Å². The molecule has 31 heavy (non-hydrogen) atoms. The van der Waals surface area contributed by atoms with Crippen molar-refractivity contribution in [1.29, 1.82) is 0 Å². The third-order valence-electron chi connectivity index (χ3n) is 5.63. The lowest BCUT2D eigenvalue weighted by Gasteiger charge is -2.32. The second-order valence-electron chi connectivity index (χ2n) is 7.94. The highest BCUT2D eigenvalue weighted by atomic mass is 19.1. The molecule has 1 heterocycles. The quantitative estimate of drug-likeness (QED) is 0.583. The van der Waals surface area contributed by atoms with Gasteiger partial charge in [-0.3, -0.25) is 0 Å². The van der Waals surface area contributed by atoms with E-state index in [9.17, 15) is 9.18 Å². The number of anilines is 1. The number of carbonyl (C=O) groups is 1. The molecule has 2 N–H and O–H groups in total. The van der Waals surface area contributed by atoms with Crippen LogP contribution in [0.3, 0.4) is 0 Å². The molecule has 1 unspecified atom stereocenters. The Morgan fingerprint density at radius 1 is 1.16 bits per heavy atom. The summed E-state index contributed by atoms with van der Waals surface area (Å²) in [4.78, 5) is 14.7. The van der Waals surface area contributed by atoms with Gasteiger partial charge in [0, 0.05) is 19.2 Å². The van der Waals surface area contributed by atoms with Gasteiger partial charge in [-0.05, 0) is 74.5 Å². The molecule has 0 saturated carbocycles. The molecule has 2 amide bonds. The Balaban J connectivity index is 1.38. The largest absolute Gasteiger partial charge is 0.497 e. The summed E-state index contributed by atoms with van der Waals surface area (Å²) < 4.78 is 23.6. The van der Waals surface area contributed by atoms with E-state index < -0.39 is 0 Å². The normalized spacial score (nSPS) is 16.5. The average Bonchev–Trinajstić information content (AvgIpc) is 2.78. The maximum Gasteiger partial charge on any atom is 0.319 e. The van der Waals surface area contributed by atoms with E-state index in [2.05, 4.69) is 15.5 Å². The van der Waals surface area contributed by atoms with Gasteiger partial charge < -0.3 is 25.0 Å². The smallest absolute Gasteiger partial charge is 0.319 e. The van der Waals surface area contributed by atoms with Crippen LogP contribution in [0.25, 0.3) is 0 Å². The van der Waals surface area contributed by atoms with E-state index in [-0.39, 0.29) is 11.8 Å². The molecule has 0 aromatic heterocycles. The van der Waals surface area contributed by atoms with Gasteiger partial charge in [0.05, 0.1) is 19.9 Å². The zero-order valence-electron chi connectivity index (χ0n) is 18.3. The first-order valence-corrected chi connectivity index (χ1v) is 10.8. The second-order valence-corrected chi connectivity index (χ2v) is 7.94. The Kier molecular flexibility index (Phi) is 8.53. The monoisotopic (exact) mass is 429 g/mol. The molecule has 168 valence electrons. The summed E-state index contributed by atoms with van der Waals surface area (Å²) in [6.45, 7) is 3.68. The molecule has 1 aliphatic rings. The third-order valence-corrected chi connectivity index (χ3v) is 5.63. The minimum absolute atomic E-state index is 0.185. The maximum atomic E-state index is 13.1. The van der Waals surface area contributed by atoms with Crippen molar-refractivity contribution < 1.29 is 18.7 Å². The van der Waals surface area contributed by atoms with E-state index in [1.807, 2.05) is 12.1 Å². The third kappa shape index (κ3) is 7.14. The van der Waals surface area contributed by atoms with Gasteiger partial charge >= 0.3 is 6.03 Å². The van der Waals surface area contributed by atoms with Gasteiger partial charge in [0.25, 0.3) is 0 Å². The van der Waals surface area contributed by atoms with Crippen LogP contribution in [0.4, 0.5) is 14.9 Å². The minimum Gasteiger partial charge on any atom is -0.497 e. The summed E-state index contributed by atoms with van der Waals surface area (Å²) in [5.74, 6) is 1.64. The first-order chi connectivity index (χ1) is 15.1. The van der Waals surface area contributed by atoms with Gasteiger partial charge in [0.1, 0.15) is 17.3 Å². The summed E-state index contributed by atoms with van der Waals surface area (Å²) in [6.07, 6.45) is 4.25. The van der Waals surface area contributed by atoms with Crippen LogP contribution >= 0.6 is 0 Å². The molecule has 0 spiro atoms. The van der Waals surface area contributed by atoms with Crippen LogP contribution in [0.1, 0.15) is 24.8 Å². The van der Waals surface area contributed by atoms with Crippen molar-refractivity contribution in [3.63, 3.8) is 0 Å². The van der Waals surface area contributed by atoms with Crippen LogP contribution in [0.2, 0.25) is 0 Å². The second kappa shape index (κ2) is 11.6. The van der Waals surface area contributed by atoms with Crippen molar-refractivity contribution in [3.05, 3.63) is 53.8 Å². The number of benzene rings is 2. The molecule has 0 aliphatic carbocycles. The number of likely N-dealkylation sites (tertiary alicyclic amines) is 1. The summed E-state index contributed by atoms with van der Waals surface area (Å²) >= 11 is 0. The van der Waals surface area contributed by atoms with Crippen LogP contribution in [0.15, 0.2) is 42.5 Å². The number of nitrogens with zero attached hydrogens (tertiary/aromatic N) is 1. The number of halogens is 1. The highest BCUT2D eigenvalue weighted by molar-refractivity contribution is 5.91. The lowest BCUT2D eigenvalue weighted by Crippen LogP contribution is -2.38. The summed E-state index contributed by atoms with van der Waals surface area (Å²) in [6, 6.07) is 11.8. The number of hydrogen-bond acceptors (Lipinski definition) is 4. The van der Waals surface area contributed by atoms with Crippen LogP contribution in [0, 0.1) is 11.7 Å². The number of ether oxygens (including phenoxy) is 2. The predicted molar refractivity (Wildman–Crippen MR) is 120 cm³/mol. The molecule has 0 bridgehead atoms. The Morgan fingerprint density at radius 3 is 2.71 bits per heavy atom. The molecule has 1 atom stereocenters. The highest BCUT2D eigenvalue weighted by Crippen LogP contribution is 2.28. The van der Waals surface area contributed by atoms with Crippen molar-refractivity contribution >= 4 is 11.7 Å². The molecule has 2 aromatic rings. The molecule has 1 aliphatic heterocycles. The topological polar surface area (TPSA) is 62.8 Å². The number of hydrogen-bond donors (Lipinski definition) is 2. The zero-order chi connectivity index (χ0) is 22.1. The van der Waals surface area contributed by atoms with Gasteiger partial charge in [-0.2, -0.15) is 0 Å². The van der Waals surface area contributed by atoms with Crippen LogP contribution in [0.5, 0.6) is 11.5 Å². The summed E-state index contributed by atoms with van der Waals surface area (Å²) in [7, 11) is 3.14.